The Kier molecular flexibility index (Phi) is 4.14. The van der Waals surface area contributed by atoms with E-state index in [9.17, 15) is 9.18 Å². The third-order valence-corrected chi connectivity index (χ3v) is 3.30. The highest BCUT2D eigenvalue weighted by atomic mass is 19.1. The summed E-state index contributed by atoms with van der Waals surface area (Å²) >= 11 is 0. The molecule has 0 bridgehead atoms. The van der Waals surface area contributed by atoms with E-state index in [4.69, 9.17) is 4.42 Å². The molecule has 0 aliphatic carbocycles. The van der Waals surface area contributed by atoms with Crippen molar-refractivity contribution in [1.29, 1.82) is 0 Å². The number of carbonyl (C=O) groups is 1. The number of aromatic nitrogens is 2. The van der Waals surface area contributed by atoms with Crippen LogP contribution in [0.25, 0.3) is 0 Å². The number of hydrogen-bond acceptors (Lipinski definition) is 4. The molecule has 1 heterocycles. The number of nitrogens with zero attached hydrogens (tertiary/aromatic N) is 2. The van der Waals surface area contributed by atoms with Gasteiger partial charge in [0.1, 0.15) is 11.9 Å². The van der Waals surface area contributed by atoms with Gasteiger partial charge in [-0.15, -0.1) is 10.2 Å². The summed E-state index contributed by atoms with van der Waals surface area (Å²) in [5.74, 6) is -0.0375. The van der Waals surface area contributed by atoms with Crippen LogP contribution in [-0.4, -0.2) is 16.1 Å². The van der Waals surface area contributed by atoms with Crippen molar-refractivity contribution >= 4 is 5.91 Å². The van der Waals surface area contributed by atoms with Gasteiger partial charge in [0.25, 0.3) is 5.91 Å². The molecule has 1 atom stereocenters. The maximum absolute atomic E-state index is 13.0. The molecule has 0 saturated heterocycles. The SMILES string of the molecule is Cc1nnc(C(NC(=O)c2ccc(F)cc2)c2ccccc2)o1. The summed E-state index contributed by atoms with van der Waals surface area (Å²) in [5.41, 5.74) is 1.16. The summed E-state index contributed by atoms with van der Waals surface area (Å²) in [6.45, 7) is 1.68. The highest BCUT2D eigenvalue weighted by Crippen LogP contribution is 2.21. The second-order valence-corrected chi connectivity index (χ2v) is 4.98. The molecule has 3 rings (SSSR count). The van der Waals surface area contributed by atoms with Gasteiger partial charge in [-0.3, -0.25) is 4.79 Å². The Hall–Kier alpha value is -3.02. The van der Waals surface area contributed by atoms with Crippen LogP contribution < -0.4 is 5.32 Å². The van der Waals surface area contributed by atoms with Crippen LogP contribution in [0.1, 0.15) is 33.7 Å². The van der Waals surface area contributed by atoms with E-state index in [1.54, 1.807) is 6.92 Å². The molecule has 1 amide bonds. The van der Waals surface area contributed by atoms with Gasteiger partial charge in [-0.25, -0.2) is 4.39 Å². The van der Waals surface area contributed by atoms with Crippen LogP contribution in [0.2, 0.25) is 0 Å². The summed E-state index contributed by atoms with van der Waals surface area (Å²) in [7, 11) is 0. The number of carbonyl (C=O) groups excluding carboxylic acids is 1. The molecule has 0 fully saturated rings. The summed E-state index contributed by atoms with van der Waals surface area (Å²) in [6, 6.07) is 14.1. The molecule has 1 aromatic heterocycles. The molecular formula is C17H14FN3O2. The van der Waals surface area contributed by atoms with Crippen LogP contribution in [0.4, 0.5) is 4.39 Å². The monoisotopic (exact) mass is 311 g/mol. The first-order chi connectivity index (χ1) is 11.1. The Morgan fingerprint density at radius 1 is 1.09 bits per heavy atom. The quantitative estimate of drug-likeness (QED) is 0.804. The van der Waals surface area contributed by atoms with Crippen molar-refractivity contribution in [3.8, 4) is 0 Å². The summed E-state index contributed by atoms with van der Waals surface area (Å²) < 4.78 is 18.4. The van der Waals surface area contributed by atoms with Crippen molar-refractivity contribution in [2.24, 2.45) is 0 Å². The van der Waals surface area contributed by atoms with Gasteiger partial charge in [0.05, 0.1) is 0 Å². The van der Waals surface area contributed by atoms with Crippen molar-refractivity contribution in [2.45, 2.75) is 13.0 Å². The Balaban J connectivity index is 1.90. The molecule has 0 saturated carbocycles. The number of aryl methyl sites for hydroxylation is 1. The van der Waals surface area contributed by atoms with E-state index in [1.165, 1.54) is 24.3 Å². The lowest BCUT2D eigenvalue weighted by molar-refractivity contribution is 0.0937. The van der Waals surface area contributed by atoms with E-state index in [0.29, 0.717) is 17.3 Å². The third-order valence-electron chi connectivity index (χ3n) is 3.30. The van der Waals surface area contributed by atoms with Crippen molar-refractivity contribution < 1.29 is 13.6 Å². The number of benzene rings is 2. The molecule has 23 heavy (non-hydrogen) atoms. The average Bonchev–Trinajstić information content (AvgIpc) is 3.00. The van der Waals surface area contributed by atoms with Crippen molar-refractivity contribution in [3.05, 3.63) is 83.3 Å². The summed E-state index contributed by atoms with van der Waals surface area (Å²) in [6.07, 6.45) is 0. The maximum atomic E-state index is 13.0. The highest BCUT2D eigenvalue weighted by Gasteiger charge is 2.22. The van der Waals surface area contributed by atoms with Crippen LogP contribution >= 0.6 is 0 Å². The Morgan fingerprint density at radius 2 is 1.78 bits per heavy atom. The molecule has 5 nitrogen and oxygen atoms in total. The minimum absolute atomic E-state index is 0.296. The minimum atomic E-state index is -0.574. The molecule has 116 valence electrons. The van der Waals surface area contributed by atoms with Crippen molar-refractivity contribution in [2.75, 3.05) is 0 Å². The van der Waals surface area contributed by atoms with Crippen LogP contribution in [0.5, 0.6) is 0 Å². The molecule has 1 unspecified atom stereocenters. The maximum Gasteiger partial charge on any atom is 0.252 e. The van der Waals surface area contributed by atoms with Gasteiger partial charge >= 0.3 is 0 Å². The van der Waals surface area contributed by atoms with E-state index in [-0.39, 0.29) is 5.91 Å². The first kappa shape index (κ1) is 14.9. The van der Waals surface area contributed by atoms with E-state index >= 15 is 0 Å². The van der Waals surface area contributed by atoms with Gasteiger partial charge < -0.3 is 9.73 Å². The number of rotatable bonds is 4. The largest absolute Gasteiger partial charge is 0.423 e. The predicted octanol–water partition coefficient (Wildman–Crippen LogP) is 3.04. The van der Waals surface area contributed by atoms with Gasteiger partial charge in [0.2, 0.25) is 11.8 Å². The second-order valence-electron chi connectivity index (χ2n) is 4.98. The van der Waals surface area contributed by atoms with Crippen molar-refractivity contribution in [3.63, 3.8) is 0 Å². The Morgan fingerprint density at radius 3 is 2.39 bits per heavy atom. The van der Waals surface area contributed by atoms with Gasteiger partial charge in [-0.2, -0.15) is 0 Å². The molecule has 2 aromatic carbocycles. The van der Waals surface area contributed by atoms with Gasteiger partial charge in [0, 0.05) is 12.5 Å². The fourth-order valence-corrected chi connectivity index (χ4v) is 2.18. The fraction of sp³-hybridized carbons (Fsp3) is 0.118. The molecule has 0 radical (unpaired) electrons. The fourth-order valence-electron chi connectivity index (χ4n) is 2.18. The minimum Gasteiger partial charge on any atom is -0.423 e. The molecule has 1 N–H and O–H groups in total. The molecule has 6 heteroatoms. The van der Waals surface area contributed by atoms with Gasteiger partial charge in [-0.05, 0) is 29.8 Å². The Bertz CT molecular complexity index is 800. The molecule has 0 aliphatic rings. The standard InChI is InChI=1S/C17H14FN3O2/c1-11-20-21-17(23-11)15(12-5-3-2-4-6-12)19-16(22)13-7-9-14(18)10-8-13/h2-10,15H,1H3,(H,19,22). The summed E-state index contributed by atoms with van der Waals surface area (Å²) in [5, 5.41) is 10.6. The second kappa shape index (κ2) is 6.39. The zero-order valence-electron chi connectivity index (χ0n) is 12.4. The van der Waals surface area contributed by atoms with Crippen molar-refractivity contribution in [1.82, 2.24) is 15.5 Å². The van der Waals surface area contributed by atoms with E-state index < -0.39 is 11.9 Å². The highest BCUT2D eigenvalue weighted by molar-refractivity contribution is 5.94. The number of amides is 1. The van der Waals surface area contributed by atoms with E-state index in [2.05, 4.69) is 15.5 Å². The molecule has 0 aliphatic heterocycles. The molecular weight excluding hydrogens is 297 g/mol. The average molecular weight is 311 g/mol. The first-order valence-corrected chi connectivity index (χ1v) is 7.05. The van der Waals surface area contributed by atoms with E-state index in [0.717, 1.165) is 5.56 Å². The van der Waals surface area contributed by atoms with Crippen LogP contribution in [0.15, 0.2) is 59.0 Å². The topological polar surface area (TPSA) is 68.0 Å². The van der Waals surface area contributed by atoms with Crippen LogP contribution in [0.3, 0.4) is 0 Å². The lowest BCUT2D eigenvalue weighted by Crippen LogP contribution is -2.29. The molecule has 0 spiro atoms. The third kappa shape index (κ3) is 3.42. The predicted molar refractivity (Wildman–Crippen MR) is 81.2 cm³/mol. The smallest absolute Gasteiger partial charge is 0.252 e. The first-order valence-electron chi connectivity index (χ1n) is 7.05. The zero-order valence-corrected chi connectivity index (χ0v) is 12.4. The number of halogens is 1. The Labute approximate surface area is 132 Å². The number of hydrogen-bond donors (Lipinski definition) is 1. The lowest BCUT2D eigenvalue weighted by atomic mass is 10.1. The normalized spacial score (nSPS) is 11.9. The summed E-state index contributed by atoms with van der Waals surface area (Å²) in [4.78, 5) is 12.4. The van der Waals surface area contributed by atoms with Crippen LogP contribution in [-0.2, 0) is 0 Å². The van der Waals surface area contributed by atoms with Gasteiger partial charge in [-0.1, -0.05) is 30.3 Å². The zero-order chi connectivity index (χ0) is 16.2. The van der Waals surface area contributed by atoms with Crippen LogP contribution in [0, 0.1) is 12.7 Å². The lowest BCUT2D eigenvalue weighted by Gasteiger charge is -2.15. The van der Waals surface area contributed by atoms with Gasteiger partial charge in [0.15, 0.2) is 0 Å². The molecule has 3 aromatic rings. The van der Waals surface area contributed by atoms with E-state index in [1.807, 2.05) is 30.3 Å². The number of nitrogens with one attached hydrogen (secondary N) is 1.